The van der Waals surface area contributed by atoms with E-state index < -0.39 is 0 Å². The van der Waals surface area contributed by atoms with E-state index in [4.69, 9.17) is 0 Å². The van der Waals surface area contributed by atoms with Crippen molar-refractivity contribution in [2.24, 2.45) is 0 Å². The minimum atomic E-state index is -0.201. The Kier molecular flexibility index (Phi) is 4.22. The first kappa shape index (κ1) is 15.1. The summed E-state index contributed by atoms with van der Waals surface area (Å²) in [5.74, 6) is 0.113. The summed E-state index contributed by atoms with van der Waals surface area (Å²) in [6, 6.07) is 0.0370. The summed E-state index contributed by atoms with van der Waals surface area (Å²) in [6.45, 7) is 8.38. The first-order chi connectivity index (χ1) is 9.30. The highest BCUT2D eigenvalue weighted by molar-refractivity contribution is 7.08. The van der Waals surface area contributed by atoms with Crippen molar-refractivity contribution >= 4 is 23.2 Å². The van der Waals surface area contributed by atoms with Crippen molar-refractivity contribution in [1.29, 1.82) is 0 Å². The molecule has 6 heteroatoms. The van der Waals surface area contributed by atoms with Crippen LogP contribution in [-0.4, -0.2) is 38.8 Å². The summed E-state index contributed by atoms with van der Waals surface area (Å²) in [4.78, 5) is 26.5. The van der Waals surface area contributed by atoms with Crippen molar-refractivity contribution in [3.8, 4) is 0 Å². The van der Waals surface area contributed by atoms with Crippen molar-refractivity contribution in [1.82, 2.24) is 14.5 Å². The van der Waals surface area contributed by atoms with Gasteiger partial charge in [0.25, 0.3) is 5.91 Å². The van der Waals surface area contributed by atoms with Crippen molar-refractivity contribution in [3.63, 3.8) is 0 Å². The number of hydrogen-bond donors (Lipinski definition) is 0. The fourth-order valence-corrected chi connectivity index (χ4v) is 3.43. The number of likely N-dealkylation sites (tertiary alicyclic amines) is 1. The SMILES string of the molecule is CC(=O)CC1CCCN1C(=O)c1snnc1C(C)(C)C. The molecule has 1 fully saturated rings. The van der Waals surface area contributed by atoms with Crippen LogP contribution in [0.3, 0.4) is 0 Å². The second kappa shape index (κ2) is 5.60. The number of amides is 1. The Hall–Kier alpha value is -1.30. The third-order valence-electron chi connectivity index (χ3n) is 3.55. The Morgan fingerprint density at radius 3 is 2.70 bits per heavy atom. The van der Waals surface area contributed by atoms with Gasteiger partial charge in [-0.2, -0.15) is 0 Å². The van der Waals surface area contributed by atoms with Crippen LogP contribution in [0.2, 0.25) is 0 Å². The fraction of sp³-hybridized carbons (Fsp3) is 0.714. The van der Waals surface area contributed by atoms with Crippen LogP contribution in [0.25, 0.3) is 0 Å². The van der Waals surface area contributed by atoms with Gasteiger partial charge in [-0.25, -0.2) is 0 Å². The summed E-state index contributed by atoms with van der Waals surface area (Å²) in [5, 5.41) is 4.12. The van der Waals surface area contributed by atoms with E-state index in [2.05, 4.69) is 9.59 Å². The first-order valence-electron chi connectivity index (χ1n) is 6.94. The third-order valence-corrected chi connectivity index (χ3v) is 4.27. The lowest BCUT2D eigenvalue weighted by Gasteiger charge is -2.25. The molecule has 5 nitrogen and oxygen atoms in total. The zero-order valence-electron chi connectivity index (χ0n) is 12.5. The number of hydrogen-bond acceptors (Lipinski definition) is 5. The largest absolute Gasteiger partial charge is 0.334 e. The molecule has 0 bridgehead atoms. The number of rotatable bonds is 3. The van der Waals surface area contributed by atoms with Gasteiger partial charge in [-0.3, -0.25) is 9.59 Å². The average Bonchev–Trinajstić information content (AvgIpc) is 2.93. The van der Waals surface area contributed by atoms with E-state index in [1.54, 1.807) is 6.92 Å². The molecular formula is C14H21N3O2S. The van der Waals surface area contributed by atoms with Crippen LogP contribution in [-0.2, 0) is 10.2 Å². The Morgan fingerprint density at radius 2 is 2.10 bits per heavy atom. The summed E-state index contributed by atoms with van der Waals surface area (Å²) in [5.41, 5.74) is 0.550. The minimum Gasteiger partial charge on any atom is -0.334 e. The molecule has 1 aliphatic heterocycles. The van der Waals surface area contributed by atoms with E-state index in [0.29, 0.717) is 11.3 Å². The molecule has 0 radical (unpaired) electrons. The molecule has 0 aliphatic carbocycles. The normalized spacial score (nSPS) is 19.4. The monoisotopic (exact) mass is 295 g/mol. The first-order valence-corrected chi connectivity index (χ1v) is 7.71. The molecule has 110 valence electrons. The number of carbonyl (C=O) groups is 2. The average molecular weight is 295 g/mol. The van der Waals surface area contributed by atoms with Crippen LogP contribution >= 0.6 is 11.5 Å². The molecule has 1 aliphatic rings. The molecule has 1 aromatic rings. The van der Waals surface area contributed by atoms with E-state index in [0.717, 1.165) is 36.6 Å². The molecule has 0 N–H and O–H groups in total. The van der Waals surface area contributed by atoms with E-state index >= 15 is 0 Å². The number of carbonyl (C=O) groups excluding carboxylic acids is 2. The third kappa shape index (κ3) is 3.06. The van der Waals surface area contributed by atoms with Crippen LogP contribution in [0.4, 0.5) is 0 Å². The molecule has 0 spiro atoms. The maximum absolute atomic E-state index is 12.7. The van der Waals surface area contributed by atoms with E-state index in [1.165, 1.54) is 0 Å². The van der Waals surface area contributed by atoms with Crippen molar-refractivity contribution in [3.05, 3.63) is 10.6 Å². The number of nitrogens with zero attached hydrogens (tertiary/aromatic N) is 3. The number of aromatic nitrogens is 2. The predicted octanol–water partition coefficient (Wildman–Crippen LogP) is 2.42. The standard InChI is InChI=1S/C14H21N3O2S/c1-9(18)8-10-6-5-7-17(10)13(19)11-12(14(2,3)4)15-16-20-11/h10H,5-8H2,1-4H3. The molecular weight excluding hydrogens is 274 g/mol. The highest BCUT2D eigenvalue weighted by atomic mass is 32.1. The molecule has 0 aromatic carbocycles. The molecule has 20 heavy (non-hydrogen) atoms. The zero-order valence-corrected chi connectivity index (χ0v) is 13.3. The highest BCUT2D eigenvalue weighted by Gasteiger charge is 2.34. The van der Waals surface area contributed by atoms with Gasteiger partial charge in [0.05, 0.1) is 5.69 Å². The summed E-state index contributed by atoms with van der Waals surface area (Å²) in [7, 11) is 0. The summed E-state index contributed by atoms with van der Waals surface area (Å²) < 4.78 is 3.94. The molecule has 0 saturated carbocycles. The maximum atomic E-state index is 12.7. The predicted molar refractivity (Wildman–Crippen MR) is 78.0 cm³/mol. The van der Waals surface area contributed by atoms with Crippen molar-refractivity contribution in [2.45, 2.75) is 58.4 Å². The fourth-order valence-electron chi connectivity index (χ4n) is 2.60. The lowest BCUT2D eigenvalue weighted by Crippen LogP contribution is -2.37. The van der Waals surface area contributed by atoms with Crippen LogP contribution in [0, 0.1) is 0 Å². The molecule has 2 heterocycles. The Balaban J connectivity index is 2.23. The second-order valence-electron chi connectivity index (χ2n) is 6.40. The van der Waals surface area contributed by atoms with Gasteiger partial charge in [0.2, 0.25) is 0 Å². The van der Waals surface area contributed by atoms with Gasteiger partial charge in [0.1, 0.15) is 10.7 Å². The molecule has 1 aromatic heterocycles. The maximum Gasteiger partial charge on any atom is 0.267 e. The van der Waals surface area contributed by atoms with Gasteiger partial charge in [0, 0.05) is 24.4 Å². The Morgan fingerprint density at radius 1 is 1.40 bits per heavy atom. The Bertz CT molecular complexity index is 519. The van der Waals surface area contributed by atoms with Crippen LogP contribution in [0.5, 0.6) is 0 Å². The zero-order chi connectivity index (χ0) is 14.9. The van der Waals surface area contributed by atoms with E-state index in [-0.39, 0.29) is 23.1 Å². The summed E-state index contributed by atoms with van der Waals surface area (Å²) in [6.07, 6.45) is 2.31. The van der Waals surface area contributed by atoms with Crippen LogP contribution < -0.4 is 0 Å². The molecule has 1 amide bonds. The van der Waals surface area contributed by atoms with E-state index in [9.17, 15) is 9.59 Å². The van der Waals surface area contributed by atoms with Crippen LogP contribution in [0.15, 0.2) is 0 Å². The smallest absolute Gasteiger partial charge is 0.267 e. The van der Waals surface area contributed by atoms with E-state index in [1.807, 2.05) is 25.7 Å². The van der Waals surface area contributed by atoms with Gasteiger partial charge in [-0.15, -0.1) is 5.10 Å². The summed E-state index contributed by atoms with van der Waals surface area (Å²) >= 11 is 1.16. The molecule has 2 rings (SSSR count). The van der Waals surface area contributed by atoms with Gasteiger partial charge in [-0.1, -0.05) is 25.3 Å². The number of ketones is 1. The lowest BCUT2D eigenvalue weighted by molar-refractivity contribution is -0.117. The van der Waals surface area contributed by atoms with Gasteiger partial charge in [0.15, 0.2) is 0 Å². The lowest BCUT2D eigenvalue weighted by atomic mass is 9.91. The highest BCUT2D eigenvalue weighted by Crippen LogP contribution is 2.30. The quantitative estimate of drug-likeness (QED) is 0.859. The molecule has 1 saturated heterocycles. The second-order valence-corrected chi connectivity index (χ2v) is 7.16. The van der Waals surface area contributed by atoms with Gasteiger partial charge >= 0.3 is 0 Å². The molecule has 1 atom stereocenters. The van der Waals surface area contributed by atoms with Crippen molar-refractivity contribution < 1.29 is 9.59 Å². The minimum absolute atomic E-state index is 0.0197. The van der Waals surface area contributed by atoms with Gasteiger partial charge in [-0.05, 0) is 31.3 Å². The topological polar surface area (TPSA) is 63.2 Å². The Labute approximate surface area is 123 Å². The number of Topliss-reactive ketones (excluding diaryl/α,β-unsaturated/α-hetero) is 1. The van der Waals surface area contributed by atoms with Crippen molar-refractivity contribution in [2.75, 3.05) is 6.54 Å². The van der Waals surface area contributed by atoms with Gasteiger partial charge < -0.3 is 4.90 Å². The van der Waals surface area contributed by atoms with Crippen LogP contribution in [0.1, 0.15) is 62.3 Å². The molecule has 1 unspecified atom stereocenters.